The molecule has 1 fully saturated rings. The number of carboxylic acids is 1. The highest BCUT2D eigenvalue weighted by atomic mass is 16.5. The summed E-state index contributed by atoms with van der Waals surface area (Å²) in [6.45, 7) is 0.387. The molecule has 0 aliphatic heterocycles. The van der Waals surface area contributed by atoms with E-state index in [9.17, 15) is 4.79 Å². The van der Waals surface area contributed by atoms with Gasteiger partial charge in [-0.15, -0.1) is 0 Å². The number of nitrogens with two attached hydrogens (primary N) is 1. The molecule has 0 bridgehead atoms. The average Bonchev–Trinajstić information content (AvgIpc) is 2.93. The second-order valence-corrected chi connectivity index (χ2v) is 4.17. The Morgan fingerprint density at radius 1 is 1.69 bits per heavy atom. The van der Waals surface area contributed by atoms with Crippen molar-refractivity contribution in [3.8, 4) is 0 Å². The highest BCUT2D eigenvalue weighted by molar-refractivity contribution is 5.76. The Hall–Kier alpha value is -1.33. The van der Waals surface area contributed by atoms with Gasteiger partial charge in [0.25, 0.3) is 0 Å². The molecule has 0 radical (unpaired) electrons. The van der Waals surface area contributed by atoms with E-state index in [1.54, 1.807) is 19.2 Å². The Kier molecular flexibility index (Phi) is 2.73. The maximum atomic E-state index is 10.9. The fraction of sp³-hybridized carbons (Fsp3) is 0.545. The molecular weight excluding hydrogens is 210 g/mol. The Labute approximate surface area is 93.2 Å². The summed E-state index contributed by atoms with van der Waals surface area (Å²) in [6, 6.07) is 2.70. The second kappa shape index (κ2) is 3.92. The van der Waals surface area contributed by atoms with Gasteiger partial charge in [-0.1, -0.05) is 0 Å². The third-order valence-corrected chi connectivity index (χ3v) is 3.09. The minimum absolute atomic E-state index is 0.387. The van der Waals surface area contributed by atoms with Gasteiger partial charge in [-0.3, -0.25) is 4.79 Å². The summed E-state index contributed by atoms with van der Waals surface area (Å²) in [6.07, 6.45) is 1.53. The van der Waals surface area contributed by atoms with Gasteiger partial charge in [-0.25, -0.2) is 0 Å². The van der Waals surface area contributed by atoms with Gasteiger partial charge >= 0.3 is 5.97 Å². The molecule has 1 aromatic heterocycles. The fourth-order valence-corrected chi connectivity index (χ4v) is 1.95. The maximum absolute atomic E-state index is 10.9. The van der Waals surface area contributed by atoms with Crippen LogP contribution in [0.5, 0.6) is 0 Å². The van der Waals surface area contributed by atoms with Crippen molar-refractivity contribution in [3.05, 3.63) is 23.7 Å². The molecule has 3 N–H and O–H groups in total. The molecule has 2 rings (SSSR count). The summed E-state index contributed by atoms with van der Waals surface area (Å²) < 4.78 is 10.5. The zero-order valence-electron chi connectivity index (χ0n) is 9.10. The average molecular weight is 225 g/mol. The molecule has 1 aromatic rings. The Morgan fingerprint density at radius 3 is 2.88 bits per heavy atom. The summed E-state index contributed by atoms with van der Waals surface area (Å²) in [4.78, 5) is 10.9. The van der Waals surface area contributed by atoms with Crippen LogP contribution in [-0.2, 0) is 21.6 Å². The van der Waals surface area contributed by atoms with Crippen molar-refractivity contribution in [1.29, 1.82) is 0 Å². The van der Waals surface area contributed by atoms with Crippen LogP contribution in [0.2, 0.25) is 0 Å². The van der Waals surface area contributed by atoms with Crippen molar-refractivity contribution < 1.29 is 19.1 Å². The van der Waals surface area contributed by atoms with E-state index in [0.717, 1.165) is 12.8 Å². The van der Waals surface area contributed by atoms with E-state index in [1.807, 2.05) is 0 Å². The number of carbonyl (C=O) groups is 1. The summed E-state index contributed by atoms with van der Waals surface area (Å²) in [7, 11) is 1.58. The number of furan rings is 1. The summed E-state index contributed by atoms with van der Waals surface area (Å²) in [5.74, 6) is 0.373. The first kappa shape index (κ1) is 11.2. The Morgan fingerprint density at radius 2 is 2.38 bits per heavy atom. The summed E-state index contributed by atoms with van der Waals surface area (Å²) in [5.41, 5.74) is 5.18. The maximum Gasteiger partial charge on any atom is 0.321 e. The van der Waals surface area contributed by atoms with E-state index >= 15 is 0 Å². The molecule has 1 heterocycles. The standard InChI is InChI=1S/C11H15NO4/c1-15-6-7-2-3-8(16-7)11(4-5-11)9(12)10(13)14/h2-3,9H,4-6,12H2,1H3,(H,13,14). The molecule has 0 saturated heterocycles. The van der Waals surface area contributed by atoms with Crippen molar-refractivity contribution in [2.75, 3.05) is 7.11 Å². The first-order valence-corrected chi connectivity index (χ1v) is 5.16. The van der Waals surface area contributed by atoms with Gasteiger partial charge in [0.2, 0.25) is 0 Å². The highest BCUT2D eigenvalue weighted by Crippen LogP contribution is 2.50. The lowest BCUT2D eigenvalue weighted by atomic mass is 9.94. The minimum Gasteiger partial charge on any atom is -0.480 e. The number of hydrogen-bond donors (Lipinski definition) is 2. The molecule has 0 aromatic carbocycles. The van der Waals surface area contributed by atoms with Gasteiger partial charge in [0.15, 0.2) is 0 Å². The van der Waals surface area contributed by atoms with Crippen LogP contribution in [0.1, 0.15) is 24.4 Å². The number of rotatable bonds is 5. The lowest BCUT2D eigenvalue weighted by Gasteiger charge is -2.16. The highest BCUT2D eigenvalue weighted by Gasteiger charge is 2.54. The normalized spacial score (nSPS) is 19.4. The minimum atomic E-state index is -0.984. The number of methoxy groups -OCH3 is 1. The predicted molar refractivity (Wildman–Crippen MR) is 55.9 cm³/mol. The number of ether oxygens (including phenoxy) is 1. The van der Waals surface area contributed by atoms with Gasteiger partial charge in [-0.2, -0.15) is 0 Å². The van der Waals surface area contributed by atoms with Crippen LogP contribution in [0, 0.1) is 0 Å². The molecule has 1 saturated carbocycles. The topological polar surface area (TPSA) is 85.7 Å². The zero-order chi connectivity index (χ0) is 11.8. The molecular formula is C11H15NO4. The molecule has 0 spiro atoms. The number of carboxylic acid groups (broad SMARTS) is 1. The number of aliphatic carboxylic acids is 1. The molecule has 5 heteroatoms. The third-order valence-electron chi connectivity index (χ3n) is 3.09. The number of hydrogen-bond acceptors (Lipinski definition) is 4. The van der Waals surface area contributed by atoms with Gasteiger partial charge in [0, 0.05) is 7.11 Å². The molecule has 1 aliphatic rings. The molecule has 0 amide bonds. The molecule has 16 heavy (non-hydrogen) atoms. The van der Waals surface area contributed by atoms with E-state index in [1.165, 1.54) is 0 Å². The molecule has 1 aliphatic carbocycles. The Balaban J connectivity index is 2.19. The van der Waals surface area contributed by atoms with Crippen LogP contribution >= 0.6 is 0 Å². The lowest BCUT2D eigenvalue weighted by molar-refractivity contribution is -0.139. The zero-order valence-corrected chi connectivity index (χ0v) is 9.10. The van der Waals surface area contributed by atoms with E-state index in [0.29, 0.717) is 18.1 Å². The summed E-state index contributed by atoms with van der Waals surface area (Å²) in [5, 5.41) is 8.94. The SMILES string of the molecule is COCc1ccc(C2(C(N)C(=O)O)CC2)o1. The molecule has 1 unspecified atom stereocenters. The van der Waals surface area contributed by atoms with Crippen molar-refractivity contribution in [2.45, 2.75) is 30.9 Å². The van der Waals surface area contributed by atoms with Gasteiger partial charge < -0.3 is 20.0 Å². The predicted octanol–water partition coefficient (Wildman–Crippen LogP) is 0.869. The largest absolute Gasteiger partial charge is 0.480 e. The molecule has 88 valence electrons. The van der Waals surface area contributed by atoms with Crippen LogP contribution in [-0.4, -0.2) is 24.2 Å². The summed E-state index contributed by atoms with van der Waals surface area (Å²) >= 11 is 0. The first-order chi connectivity index (χ1) is 7.60. The van der Waals surface area contributed by atoms with Crippen LogP contribution in [0.3, 0.4) is 0 Å². The van der Waals surface area contributed by atoms with Gasteiger partial charge in [-0.05, 0) is 25.0 Å². The monoisotopic (exact) mass is 225 g/mol. The van der Waals surface area contributed by atoms with Crippen molar-refractivity contribution >= 4 is 5.97 Å². The second-order valence-electron chi connectivity index (χ2n) is 4.17. The van der Waals surface area contributed by atoms with Crippen molar-refractivity contribution in [3.63, 3.8) is 0 Å². The van der Waals surface area contributed by atoms with Crippen LogP contribution in [0.25, 0.3) is 0 Å². The smallest absolute Gasteiger partial charge is 0.321 e. The van der Waals surface area contributed by atoms with Crippen LogP contribution in [0.15, 0.2) is 16.5 Å². The van der Waals surface area contributed by atoms with Gasteiger partial charge in [0.05, 0.1) is 5.41 Å². The third kappa shape index (κ3) is 1.72. The van der Waals surface area contributed by atoms with E-state index in [2.05, 4.69) is 0 Å². The lowest BCUT2D eigenvalue weighted by Crippen LogP contribution is -2.41. The van der Waals surface area contributed by atoms with E-state index in [-0.39, 0.29) is 0 Å². The van der Waals surface area contributed by atoms with E-state index < -0.39 is 17.4 Å². The van der Waals surface area contributed by atoms with Gasteiger partial charge in [0.1, 0.15) is 24.2 Å². The molecule has 1 atom stereocenters. The molecule has 5 nitrogen and oxygen atoms in total. The fourth-order valence-electron chi connectivity index (χ4n) is 1.95. The first-order valence-electron chi connectivity index (χ1n) is 5.16. The van der Waals surface area contributed by atoms with Crippen LogP contribution < -0.4 is 5.73 Å². The van der Waals surface area contributed by atoms with E-state index in [4.69, 9.17) is 20.0 Å². The van der Waals surface area contributed by atoms with Crippen molar-refractivity contribution in [2.24, 2.45) is 5.73 Å². The van der Waals surface area contributed by atoms with Crippen LogP contribution in [0.4, 0.5) is 0 Å². The van der Waals surface area contributed by atoms with Crippen molar-refractivity contribution in [1.82, 2.24) is 0 Å². The quantitative estimate of drug-likeness (QED) is 0.776. The Bertz CT molecular complexity index is 394.